The van der Waals surface area contributed by atoms with Crippen LogP contribution in [-0.4, -0.2) is 5.91 Å². The number of carbonyl (C=O) groups excluding carboxylic acids is 1. The number of hydrogen-bond acceptors (Lipinski definition) is 4. The van der Waals surface area contributed by atoms with E-state index in [1.807, 2.05) is 66.7 Å². The molecule has 0 spiro atoms. The number of hydrogen-bond donors (Lipinski definition) is 1. The molecular formula is C27H25ClN2O3. The van der Waals surface area contributed by atoms with Crippen LogP contribution in [-0.2, 0) is 13.2 Å². The molecule has 33 heavy (non-hydrogen) atoms. The molecule has 2 N–H and O–H groups in total. The number of benzene rings is 4. The van der Waals surface area contributed by atoms with Gasteiger partial charge in [-0.2, -0.15) is 0 Å². The molecular weight excluding hydrogens is 436 g/mol. The fourth-order valence-corrected chi connectivity index (χ4v) is 3.19. The molecule has 0 aliphatic carbocycles. The molecule has 0 atom stereocenters. The maximum atomic E-state index is 12.8. The zero-order valence-corrected chi connectivity index (χ0v) is 18.8. The third-order valence-corrected chi connectivity index (χ3v) is 4.92. The van der Waals surface area contributed by atoms with Gasteiger partial charge in [-0.3, -0.25) is 4.79 Å². The zero-order chi connectivity index (χ0) is 22.2. The van der Waals surface area contributed by atoms with E-state index in [-0.39, 0.29) is 18.3 Å². The Balaban J connectivity index is 0.00000306. The van der Waals surface area contributed by atoms with Crippen LogP contribution in [0.5, 0.6) is 11.5 Å². The molecule has 4 aromatic carbocycles. The fraction of sp³-hybridized carbons (Fsp3) is 0.0741. The number of carbonyl (C=O) groups is 1. The Morgan fingerprint density at radius 3 is 1.70 bits per heavy atom. The first-order valence-electron chi connectivity index (χ1n) is 10.3. The van der Waals surface area contributed by atoms with Gasteiger partial charge in [0.05, 0.1) is 5.69 Å². The van der Waals surface area contributed by atoms with Gasteiger partial charge in [-0.1, -0.05) is 78.9 Å². The van der Waals surface area contributed by atoms with E-state index in [4.69, 9.17) is 15.3 Å². The van der Waals surface area contributed by atoms with Crippen LogP contribution in [0.1, 0.15) is 21.5 Å². The van der Waals surface area contributed by atoms with Crippen molar-refractivity contribution in [1.29, 1.82) is 0 Å². The molecule has 0 heterocycles. The van der Waals surface area contributed by atoms with Gasteiger partial charge >= 0.3 is 0 Å². The standard InChI is InChI=1S/C27H24N2O3.ClH/c28-29(27(30)23-14-8-3-9-15-23)24-16-17-25(31-19-21-10-4-1-5-11-21)26(18-24)32-20-22-12-6-2-7-13-22;/h1-18H,19-20,28H2;1H. The Bertz CT molecular complexity index is 1160. The average molecular weight is 461 g/mol. The maximum Gasteiger partial charge on any atom is 0.272 e. The van der Waals surface area contributed by atoms with Crippen molar-refractivity contribution < 1.29 is 14.3 Å². The number of anilines is 1. The van der Waals surface area contributed by atoms with Gasteiger partial charge in [-0.05, 0) is 35.4 Å². The summed E-state index contributed by atoms with van der Waals surface area (Å²) < 4.78 is 12.1. The molecule has 0 aliphatic rings. The maximum absolute atomic E-state index is 12.8. The van der Waals surface area contributed by atoms with Gasteiger partial charge in [-0.25, -0.2) is 10.9 Å². The van der Waals surface area contributed by atoms with Crippen molar-refractivity contribution in [2.45, 2.75) is 13.2 Å². The summed E-state index contributed by atoms with van der Waals surface area (Å²) in [6, 6.07) is 33.9. The molecule has 0 radical (unpaired) electrons. The van der Waals surface area contributed by atoms with Crippen molar-refractivity contribution in [3.63, 3.8) is 0 Å². The Morgan fingerprint density at radius 1 is 0.667 bits per heavy atom. The summed E-state index contributed by atoms with van der Waals surface area (Å²) >= 11 is 0. The van der Waals surface area contributed by atoms with Crippen LogP contribution in [0.25, 0.3) is 0 Å². The number of rotatable bonds is 8. The second-order valence-electron chi connectivity index (χ2n) is 7.22. The van der Waals surface area contributed by atoms with Gasteiger partial charge in [0.1, 0.15) is 13.2 Å². The van der Waals surface area contributed by atoms with E-state index in [1.54, 1.807) is 42.5 Å². The molecule has 0 saturated heterocycles. The minimum Gasteiger partial charge on any atom is -0.485 e. The summed E-state index contributed by atoms with van der Waals surface area (Å²) in [7, 11) is 0. The van der Waals surface area contributed by atoms with E-state index < -0.39 is 0 Å². The minimum atomic E-state index is -0.308. The number of halogens is 1. The van der Waals surface area contributed by atoms with Crippen molar-refractivity contribution >= 4 is 24.0 Å². The van der Waals surface area contributed by atoms with Gasteiger partial charge < -0.3 is 9.47 Å². The quantitative estimate of drug-likeness (QED) is 0.205. The summed E-state index contributed by atoms with van der Waals surface area (Å²) in [5, 5.41) is 1.12. The summed E-state index contributed by atoms with van der Waals surface area (Å²) in [5.41, 5.74) is 3.09. The smallest absolute Gasteiger partial charge is 0.272 e. The Morgan fingerprint density at radius 2 is 1.15 bits per heavy atom. The molecule has 5 nitrogen and oxygen atoms in total. The Labute approximate surface area is 199 Å². The highest BCUT2D eigenvalue weighted by atomic mass is 35.5. The van der Waals surface area contributed by atoms with E-state index in [0.717, 1.165) is 16.1 Å². The van der Waals surface area contributed by atoms with Crippen LogP contribution in [0.15, 0.2) is 109 Å². The van der Waals surface area contributed by atoms with Crippen molar-refractivity contribution in [3.05, 3.63) is 126 Å². The number of hydrazine groups is 1. The summed E-state index contributed by atoms with van der Waals surface area (Å²) in [6.07, 6.45) is 0. The zero-order valence-electron chi connectivity index (χ0n) is 18.0. The lowest BCUT2D eigenvalue weighted by atomic mass is 10.2. The lowest BCUT2D eigenvalue weighted by Crippen LogP contribution is -2.37. The second kappa shape index (κ2) is 11.7. The molecule has 1 amide bonds. The number of ether oxygens (including phenoxy) is 2. The molecule has 0 aliphatic heterocycles. The van der Waals surface area contributed by atoms with Crippen LogP contribution in [0, 0.1) is 0 Å². The summed E-state index contributed by atoms with van der Waals surface area (Å²) in [4.78, 5) is 12.8. The van der Waals surface area contributed by atoms with Crippen molar-refractivity contribution in [1.82, 2.24) is 0 Å². The monoisotopic (exact) mass is 460 g/mol. The molecule has 4 rings (SSSR count). The van der Waals surface area contributed by atoms with E-state index in [9.17, 15) is 4.79 Å². The summed E-state index contributed by atoms with van der Waals surface area (Å²) in [5.74, 6) is 6.93. The highest BCUT2D eigenvalue weighted by Crippen LogP contribution is 2.33. The van der Waals surface area contributed by atoms with E-state index in [0.29, 0.717) is 36.0 Å². The average Bonchev–Trinajstić information content (AvgIpc) is 2.87. The highest BCUT2D eigenvalue weighted by molar-refractivity contribution is 6.05. The lowest BCUT2D eigenvalue weighted by Gasteiger charge is -2.20. The molecule has 0 bridgehead atoms. The first kappa shape index (κ1) is 23.9. The number of nitrogens with two attached hydrogens (primary N) is 1. The van der Waals surface area contributed by atoms with Gasteiger partial charge in [0.2, 0.25) is 0 Å². The Hall–Kier alpha value is -3.80. The third kappa shape index (κ3) is 6.35. The third-order valence-electron chi connectivity index (χ3n) is 4.92. The van der Waals surface area contributed by atoms with Crippen molar-refractivity contribution in [2.75, 3.05) is 5.01 Å². The molecule has 0 aromatic heterocycles. The first-order chi connectivity index (χ1) is 15.7. The topological polar surface area (TPSA) is 64.8 Å². The van der Waals surface area contributed by atoms with Gasteiger partial charge in [0.15, 0.2) is 11.5 Å². The van der Waals surface area contributed by atoms with E-state index in [2.05, 4.69) is 0 Å². The van der Waals surface area contributed by atoms with Gasteiger partial charge in [0, 0.05) is 11.6 Å². The van der Waals surface area contributed by atoms with Crippen LogP contribution >= 0.6 is 12.4 Å². The highest BCUT2D eigenvalue weighted by Gasteiger charge is 2.17. The van der Waals surface area contributed by atoms with Crippen molar-refractivity contribution in [3.8, 4) is 11.5 Å². The molecule has 168 valence electrons. The molecule has 6 heteroatoms. The second-order valence-corrected chi connectivity index (χ2v) is 7.22. The molecule has 0 unspecified atom stereocenters. The normalized spacial score (nSPS) is 10.1. The van der Waals surface area contributed by atoms with E-state index >= 15 is 0 Å². The van der Waals surface area contributed by atoms with Crippen molar-refractivity contribution in [2.24, 2.45) is 5.84 Å². The van der Waals surface area contributed by atoms with Crippen LogP contribution < -0.4 is 20.3 Å². The molecule has 4 aromatic rings. The van der Waals surface area contributed by atoms with Gasteiger partial charge in [0.25, 0.3) is 5.91 Å². The fourth-order valence-electron chi connectivity index (χ4n) is 3.19. The predicted octanol–water partition coefficient (Wildman–Crippen LogP) is 5.79. The van der Waals surface area contributed by atoms with Crippen LogP contribution in [0.4, 0.5) is 5.69 Å². The largest absolute Gasteiger partial charge is 0.485 e. The lowest BCUT2D eigenvalue weighted by molar-refractivity contribution is 0.0987. The number of amides is 1. The molecule has 0 saturated carbocycles. The van der Waals surface area contributed by atoms with Crippen LogP contribution in [0.3, 0.4) is 0 Å². The summed E-state index contributed by atoms with van der Waals surface area (Å²) in [6.45, 7) is 0.764. The number of nitrogens with zero attached hydrogens (tertiary/aromatic N) is 1. The van der Waals surface area contributed by atoms with Crippen LogP contribution in [0.2, 0.25) is 0 Å². The Kier molecular flexibility index (Phi) is 8.47. The van der Waals surface area contributed by atoms with E-state index in [1.165, 1.54) is 0 Å². The predicted molar refractivity (Wildman–Crippen MR) is 133 cm³/mol. The van der Waals surface area contributed by atoms with Gasteiger partial charge in [-0.15, -0.1) is 12.4 Å². The first-order valence-corrected chi connectivity index (χ1v) is 10.3. The minimum absolute atomic E-state index is 0. The molecule has 0 fully saturated rings. The SMILES string of the molecule is Cl.NN(C(=O)c1ccccc1)c1ccc(OCc2ccccc2)c(OCc2ccccc2)c1.